The normalized spacial score (nSPS) is 16.4. The summed E-state index contributed by atoms with van der Waals surface area (Å²) in [7, 11) is 0. The van der Waals surface area contributed by atoms with Gasteiger partial charge in [0, 0.05) is 42.5 Å². The average Bonchev–Trinajstić information content (AvgIpc) is 3.26. The number of halogens is 1. The lowest BCUT2D eigenvalue weighted by Crippen LogP contribution is -2.40. The van der Waals surface area contributed by atoms with E-state index < -0.39 is 0 Å². The number of hydrogen-bond acceptors (Lipinski definition) is 4. The van der Waals surface area contributed by atoms with Gasteiger partial charge in [0.25, 0.3) is 11.5 Å². The van der Waals surface area contributed by atoms with E-state index in [1.165, 1.54) is 10.6 Å². The van der Waals surface area contributed by atoms with Gasteiger partial charge in [-0.25, -0.2) is 0 Å². The average molecular weight is 448 g/mol. The molecule has 8 heteroatoms. The lowest BCUT2D eigenvalue weighted by Gasteiger charge is -2.32. The molecule has 0 saturated carbocycles. The maximum absolute atomic E-state index is 13.3. The summed E-state index contributed by atoms with van der Waals surface area (Å²) in [5.41, 5.74) is 1.95. The Balaban J connectivity index is 1.38. The summed E-state index contributed by atoms with van der Waals surface area (Å²) in [6, 6.07) is 16.2. The van der Waals surface area contributed by atoms with Crippen molar-refractivity contribution in [3.05, 3.63) is 99.3 Å². The molecule has 5 rings (SSSR count). The van der Waals surface area contributed by atoms with Gasteiger partial charge in [-0.15, -0.1) is 10.2 Å². The van der Waals surface area contributed by atoms with Gasteiger partial charge in [0.2, 0.25) is 0 Å². The Morgan fingerprint density at radius 2 is 1.91 bits per heavy atom. The van der Waals surface area contributed by atoms with E-state index in [1.807, 2.05) is 51.9 Å². The van der Waals surface area contributed by atoms with E-state index in [-0.39, 0.29) is 17.4 Å². The lowest BCUT2D eigenvalue weighted by atomic mass is 9.96. The second kappa shape index (κ2) is 8.59. The predicted molar refractivity (Wildman–Crippen MR) is 122 cm³/mol. The minimum absolute atomic E-state index is 0.0866. The molecule has 0 unspecified atom stereocenters. The van der Waals surface area contributed by atoms with Gasteiger partial charge in [-0.2, -0.15) is 0 Å². The lowest BCUT2D eigenvalue weighted by molar-refractivity contribution is 0.0703. The molecule has 1 aliphatic rings. The van der Waals surface area contributed by atoms with E-state index in [2.05, 4.69) is 10.2 Å². The number of hydrogen-bond donors (Lipinski definition) is 0. The predicted octanol–water partition coefficient (Wildman–Crippen LogP) is 3.61. The van der Waals surface area contributed by atoms with Gasteiger partial charge in [-0.3, -0.25) is 14.0 Å². The van der Waals surface area contributed by atoms with Crippen molar-refractivity contribution in [1.29, 1.82) is 0 Å². The van der Waals surface area contributed by atoms with Crippen molar-refractivity contribution in [1.82, 2.24) is 24.1 Å². The van der Waals surface area contributed by atoms with E-state index in [0.717, 1.165) is 29.9 Å². The number of likely N-dealkylation sites (tertiary alicyclic amines) is 1. The van der Waals surface area contributed by atoms with Crippen LogP contribution in [0.15, 0.2) is 71.8 Å². The molecule has 4 aromatic rings. The van der Waals surface area contributed by atoms with Crippen molar-refractivity contribution >= 4 is 23.2 Å². The minimum atomic E-state index is -0.173. The smallest absolute Gasteiger partial charge is 0.255 e. The molecule has 0 spiro atoms. The number of pyridine rings is 2. The van der Waals surface area contributed by atoms with Crippen molar-refractivity contribution in [3.8, 4) is 0 Å². The van der Waals surface area contributed by atoms with Gasteiger partial charge in [0.1, 0.15) is 5.82 Å². The molecule has 1 fully saturated rings. The first-order valence-corrected chi connectivity index (χ1v) is 11.0. The van der Waals surface area contributed by atoms with Crippen LogP contribution in [0, 0.1) is 0 Å². The Labute approximate surface area is 189 Å². The van der Waals surface area contributed by atoms with Crippen LogP contribution in [0.3, 0.4) is 0 Å². The Kier molecular flexibility index (Phi) is 5.49. The molecule has 32 heavy (non-hydrogen) atoms. The molecule has 0 aliphatic carbocycles. The van der Waals surface area contributed by atoms with Gasteiger partial charge >= 0.3 is 0 Å². The monoisotopic (exact) mass is 447 g/mol. The van der Waals surface area contributed by atoms with Gasteiger partial charge in [0.05, 0.1) is 12.1 Å². The Morgan fingerprint density at radius 1 is 1.06 bits per heavy atom. The molecule has 4 heterocycles. The molecule has 0 N–H and O–H groups in total. The van der Waals surface area contributed by atoms with Gasteiger partial charge in [0.15, 0.2) is 5.65 Å². The topological polar surface area (TPSA) is 72.5 Å². The largest absolute Gasteiger partial charge is 0.338 e. The second-order valence-corrected chi connectivity index (χ2v) is 8.46. The highest BCUT2D eigenvalue weighted by Crippen LogP contribution is 2.27. The van der Waals surface area contributed by atoms with Crippen LogP contribution in [-0.2, 0) is 6.54 Å². The third-order valence-electron chi connectivity index (χ3n) is 5.94. The molecule has 162 valence electrons. The third kappa shape index (κ3) is 3.91. The molecule has 0 bridgehead atoms. The molecule has 1 aromatic carbocycles. The van der Waals surface area contributed by atoms with Crippen molar-refractivity contribution < 1.29 is 4.79 Å². The molecule has 1 saturated heterocycles. The van der Waals surface area contributed by atoms with E-state index in [9.17, 15) is 9.59 Å². The Morgan fingerprint density at radius 3 is 2.78 bits per heavy atom. The van der Waals surface area contributed by atoms with Crippen molar-refractivity contribution in [2.24, 2.45) is 0 Å². The van der Waals surface area contributed by atoms with Gasteiger partial charge < -0.3 is 9.47 Å². The molecule has 0 radical (unpaired) electrons. The van der Waals surface area contributed by atoms with Crippen molar-refractivity contribution in [2.45, 2.75) is 25.3 Å². The quantitative estimate of drug-likeness (QED) is 0.479. The molecule has 3 aromatic heterocycles. The van der Waals surface area contributed by atoms with Crippen LogP contribution in [0.4, 0.5) is 0 Å². The van der Waals surface area contributed by atoms with E-state index in [1.54, 1.807) is 18.3 Å². The highest BCUT2D eigenvalue weighted by molar-refractivity contribution is 6.31. The van der Waals surface area contributed by atoms with Crippen molar-refractivity contribution in [2.75, 3.05) is 13.1 Å². The van der Waals surface area contributed by atoms with Gasteiger partial charge in [-0.05, 0) is 42.7 Å². The summed E-state index contributed by atoms with van der Waals surface area (Å²) >= 11 is 6.25. The maximum atomic E-state index is 13.3. The number of rotatable bonds is 4. The number of fused-ring (bicyclic) bond motifs is 1. The van der Waals surface area contributed by atoms with Crippen LogP contribution in [0.25, 0.3) is 5.65 Å². The number of amides is 1. The number of nitrogens with zero attached hydrogens (tertiary/aromatic N) is 5. The highest BCUT2D eigenvalue weighted by Gasteiger charge is 2.28. The van der Waals surface area contributed by atoms with E-state index >= 15 is 0 Å². The van der Waals surface area contributed by atoms with Crippen LogP contribution < -0.4 is 5.56 Å². The highest BCUT2D eigenvalue weighted by atomic mass is 35.5. The summed E-state index contributed by atoms with van der Waals surface area (Å²) in [5.74, 6) is 0.900. The molecule has 1 aliphatic heterocycles. The van der Waals surface area contributed by atoms with Crippen LogP contribution in [0.1, 0.15) is 40.5 Å². The minimum Gasteiger partial charge on any atom is -0.338 e. The zero-order valence-corrected chi connectivity index (χ0v) is 18.2. The zero-order chi connectivity index (χ0) is 22.1. The van der Waals surface area contributed by atoms with Crippen LogP contribution >= 0.6 is 11.6 Å². The summed E-state index contributed by atoms with van der Waals surface area (Å²) in [4.78, 5) is 27.5. The Bertz CT molecular complexity index is 1350. The number of carbonyl (C=O) groups is 1. The van der Waals surface area contributed by atoms with Crippen LogP contribution in [0.2, 0.25) is 5.02 Å². The first-order chi connectivity index (χ1) is 15.6. The SMILES string of the molecule is O=C(c1ccc(=O)n(Cc2ccccc2Cl)c1)N1CCC[C@H](c2nnc3ccccn23)C1. The third-order valence-corrected chi connectivity index (χ3v) is 6.31. The standard InChI is InChI=1S/C24H22ClN5O2/c25-20-8-2-1-6-17(20)14-29-16-19(10-11-22(29)31)24(32)28-12-5-7-18(15-28)23-27-26-21-9-3-4-13-30(21)23/h1-4,6,8-11,13,16,18H,5,7,12,14-15H2/t18-/m0/s1. The summed E-state index contributed by atoms with van der Waals surface area (Å²) in [6.45, 7) is 1.56. The summed E-state index contributed by atoms with van der Waals surface area (Å²) < 4.78 is 3.52. The molecule has 1 amide bonds. The summed E-state index contributed by atoms with van der Waals surface area (Å²) in [6.07, 6.45) is 5.42. The van der Waals surface area contributed by atoms with Gasteiger partial charge in [-0.1, -0.05) is 35.9 Å². The summed E-state index contributed by atoms with van der Waals surface area (Å²) in [5, 5.41) is 9.23. The second-order valence-electron chi connectivity index (χ2n) is 8.05. The molecule has 1 atom stereocenters. The Hall–Kier alpha value is -3.45. The van der Waals surface area contributed by atoms with E-state index in [0.29, 0.717) is 30.2 Å². The van der Waals surface area contributed by atoms with Crippen LogP contribution in [-0.4, -0.2) is 43.1 Å². The first-order valence-electron chi connectivity index (χ1n) is 10.6. The van der Waals surface area contributed by atoms with E-state index in [4.69, 9.17) is 11.6 Å². The number of carbonyl (C=O) groups excluding carboxylic acids is 1. The zero-order valence-electron chi connectivity index (χ0n) is 17.4. The van der Waals surface area contributed by atoms with Crippen LogP contribution in [0.5, 0.6) is 0 Å². The fourth-order valence-electron chi connectivity index (χ4n) is 4.28. The molecular weight excluding hydrogens is 426 g/mol. The molecule has 7 nitrogen and oxygen atoms in total. The maximum Gasteiger partial charge on any atom is 0.255 e. The number of benzene rings is 1. The first kappa shape index (κ1) is 20.5. The number of piperidine rings is 1. The molecular formula is C24H22ClN5O2. The fourth-order valence-corrected chi connectivity index (χ4v) is 4.48. The fraction of sp³-hybridized carbons (Fsp3) is 0.250. The number of aromatic nitrogens is 4. The van der Waals surface area contributed by atoms with Crippen molar-refractivity contribution in [3.63, 3.8) is 0 Å².